The standard InChI is InChI=1S/C25H28N2O6S/c1-18-12-13-21(34(29,30)27(2)23-10-5-6-11-24(23)32-4)17-22(18)25(28)26-14-15-33-20-9-7-8-19(16-20)31-3/h5-13,16-17H,14-15H2,1-4H3,(H,26,28). The summed E-state index contributed by atoms with van der Waals surface area (Å²) < 4.78 is 43.8. The Labute approximate surface area is 200 Å². The lowest BCUT2D eigenvalue weighted by atomic mass is 10.1. The number of carbonyl (C=O) groups excluding carboxylic acids is 1. The van der Waals surface area contributed by atoms with Gasteiger partial charge < -0.3 is 19.5 Å². The maximum absolute atomic E-state index is 13.3. The Morgan fingerprint density at radius 1 is 0.941 bits per heavy atom. The number of benzene rings is 3. The molecule has 0 fully saturated rings. The van der Waals surface area contributed by atoms with Crippen molar-refractivity contribution in [3.05, 3.63) is 77.9 Å². The second kappa shape index (κ2) is 10.9. The molecule has 0 aliphatic carbocycles. The monoisotopic (exact) mass is 484 g/mol. The largest absolute Gasteiger partial charge is 0.497 e. The van der Waals surface area contributed by atoms with Gasteiger partial charge in [0.15, 0.2) is 0 Å². The van der Waals surface area contributed by atoms with Crippen LogP contribution in [0.2, 0.25) is 0 Å². The van der Waals surface area contributed by atoms with Crippen LogP contribution in [0.25, 0.3) is 0 Å². The number of carbonyl (C=O) groups is 1. The maximum atomic E-state index is 13.3. The molecule has 9 heteroatoms. The van der Waals surface area contributed by atoms with Crippen molar-refractivity contribution in [2.24, 2.45) is 0 Å². The molecule has 0 atom stereocenters. The molecule has 0 aliphatic rings. The quantitative estimate of drug-likeness (QED) is 0.442. The Hall–Kier alpha value is -3.72. The normalized spacial score (nSPS) is 10.9. The lowest BCUT2D eigenvalue weighted by molar-refractivity contribution is 0.0946. The van der Waals surface area contributed by atoms with Gasteiger partial charge in [0.05, 0.1) is 31.3 Å². The van der Waals surface area contributed by atoms with Crippen LogP contribution in [0.3, 0.4) is 0 Å². The first kappa shape index (κ1) is 24.9. The molecule has 1 N–H and O–H groups in total. The fourth-order valence-electron chi connectivity index (χ4n) is 3.30. The third-order valence-electron chi connectivity index (χ3n) is 5.23. The summed E-state index contributed by atoms with van der Waals surface area (Å²) in [7, 11) is 0.570. The Kier molecular flexibility index (Phi) is 8.01. The molecule has 0 spiro atoms. The van der Waals surface area contributed by atoms with E-state index in [0.29, 0.717) is 28.5 Å². The first-order valence-corrected chi connectivity index (χ1v) is 12.0. The number of hydrogen-bond donors (Lipinski definition) is 1. The van der Waals surface area contributed by atoms with Crippen molar-refractivity contribution >= 4 is 21.6 Å². The molecule has 0 aromatic heterocycles. The number of hydrogen-bond acceptors (Lipinski definition) is 6. The minimum atomic E-state index is -3.93. The van der Waals surface area contributed by atoms with E-state index in [0.717, 1.165) is 4.31 Å². The lowest BCUT2D eigenvalue weighted by Gasteiger charge is -2.22. The number of sulfonamides is 1. The van der Waals surface area contributed by atoms with E-state index < -0.39 is 10.0 Å². The zero-order valence-electron chi connectivity index (χ0n) is 19.6. The van der Waals surface area contributed by atoms with Gasteiger partial charge in [-0.2, -0.15) is 0 Å². The fourth-order valence-corrected chi connectivity index (χ4v) is 4.54. The third-order valence-corrected chi connectivity index (χ3v) is 7.00. The summed E-state index contributed by atoms with van der Waals surface area (Å²) >= 11 is 0. The Morgan fingerprint density at radius 3 is 2.41 bits per heavy atom. The minimum Gasteiger partial charge on any atom is -0.497 e. The number of rotatable bonds is 10. The van der Waals surface area contributed by atoms with Gasteiger partial charge in [0.1, 0.15) is 23.9 Å². The van der Waals surface area contributed by atoms with E-state index in [1.807, 2.05) is 12.1 Å². The highest BCUT2D eigenvalue weighted by Gasteiger charge is 2.25. The van der Waals surface area contributed by atoms with Crippen LogP contribution < -0.4 is 23.8 Å². The molecule has 34 heavy (non-hydrogen) atoms. The number of anilines is 1. The van der Waals surface area contributed by atoms with E-state index in [-0.39, 0.29) is 29.5 Å². The number of ether oxygens (including phenoxy) is 3. The lowest BCUT2D eigenvalue weighted by Crippen LogP contribution is -2.30. The Bertz CT molecular complexity index is 1260. The average molecular weight is 485 g/mol. The van der Waals surface area contributed by atoms with Crippen molar-refractivity contribution < 1.29 is 27.4 Å². The van der Waals surface area contributed by atoms with Crippen molar-refractivity contribution in [3.8, 4) is 17.2 Å². The molecule has 180 valence electrons. The Balaban J connectivity index is 1.71. The highest BCUT2D eigenvalue weighted by Crippen LogP contribution is 2.31. The number of nitrogens with one attached hydrogen (secondary N) is 1. The van der Waals surface area contributed by atoms with E-state index in [4.69, 9.17) is 14.2 Å². The third kappa shape index (κ3) is 5.60. The van der Waals surface area contributed by atoms with Crippen molar-refractivity contribution in [2.45, 2.75) is 11.8 Å². The molecule has 1 amide bonds. The van der Waals surface area contributed by atoms with Crippen molar-refractivity contribution in [2.75, 3.05) is 38.7 Å². The van der Waals surface area contributed by atoms with Crippen molar-refractivity contribution in [3.63, 3.8) is 0 Å². The van der Waals surface area contributed by atoms with Gasteiger partial charge in [-0.1, -0.05) is 24.3 Å². The average Bonchev–Trinajstić information content (AvgIpc) is 2.86. The van der Waals surface area contributed by atoms with Gasteiger partial charge in [-0.05, 0) is 48.9 Å². The number of para-hydroxylation sites is 2. The van der Waals surface area contributed by atoms with Gasteiger partial charge in [0.25, 0.3) is 15.9 Å². The van der Waals surface area contributed by atoms with Crippen LogP contribution in [0.5, 0.6) is 17.2 Å². The van der Waals surface area contributed by atoms with Gasteiger partial charge in [0.2, 0.25) is 0 Å². The van der Waals surface area contributed by atoms with E-state index in [9.17, 15) is 13.2 Å². The minimum absolute atomic E-state index is 0.00397. The zero-order valence-corrected chi connectivity index (χ0v) is 20.4. The van der Waals surface area contributed by atoms with Crippen LogP contribution in [0.4, 0.5) is 5.69 Å². The molecule has 0 radical (unpaired) electrons. The highest BCUT2D eigenvalue weighted by atomic mass is 32.2. The summed E-state index contributed by atoms with van der Waals surface area (Å²) in [5.41, 5.74) is 1.33. The number of nitrogens with zero attached hydrogens (tertiary/aromatic N) is 1. The van der Waals surface area contributed by atoms with Gasteiger partial charge in [-0.15, -0.1) is 0 Å². The van der Waals surface area contributed by atoms with Gasteiger partial charge in [-0.25, -0.2) is 8.42 Å². The first-order valence-electron chi connectivity index (χ1n) is 10.6. The molecule has 0 heterocycles. The van der Waals surface area contributed by atoms with Crippen LogP contribution in [0, 0.1) is 6.92 Å². The second-order valence-corrected chi connectivity index (χ2v) is 9.37. The van der Waals surface area contributed by atoms with E-state index in [1.165, 1.54) is 26.3 Å². The number of methoxy groups -OCH3 is 2. The summed E-state index contributed by atoms with van der Waals surface area (Å²) in [6, 6.07) is 18.5. The van der Waals surface area contributed by atoms with Gasteiger partial charge >= 0.3 is 0 Å². The van der Waals surface area contributed by atoms with Gasteiger partial charge in [0, 0.05) is 18.7 Å². The summed E-state index contributed by atoms with van der Waals surface area (Å²) in [5.74, 6) is 1.34. The first-order chi connectivity index (χ1) is 16.3. The zero-order chi connectivity index (χ0) is 24.7. The van der Waals surface area contributed by atoms with Crippen LogP contribution in [0.15, 0.2) is 71.6 Å². The summed E-state index contributed by atoms with van der Waals surface area (Å²) in [6.07, 6.45) is 0. The van der Waals surface area contributed by atoms with Crippen molar-refractivity contribution in [1.29, 1.82) is 0 Å². The molecule has 0 unspecified atom stereocenters. The fraction of sp³-hybridized carbons (Fsp3) is 0.240. The molecule has 0 saturated carbocycles. The van der Waals surface area contributed by atoms with Gasteiger partial charge in [-0.3, -0.25) is 9.10 Å². The van der Waals surface area contributed by atoms with E-state index in [1.54, 1.807) is 56.5 Å². The number of amides is 1. The predicted molar refractivity (Wildman–Crippen MR) is 131 cm³/mol. The molecular weight excluding hydrogens is 456 g/mol. The van der Waals surface area contributed by atoms with Crippen LogP contribution in [-0.2, 0) is 10.0 Å². The van der Waals surface area contributed by atoms with Crippen LogP contribution in [0.1, 0.15) is 15.9 Å². The second-order valence-electron chi connectivity index (χ2n) is 7.40. The molecule has 3 aromatic carbocycles. The maximum Gasteiger partial charge on any atom is 0.264 e. The van der Waals surface area contributed by atoms with Crippen LogP contribution >= 0.6 is 0 Å². The molecule has 3 rings (SSSR count). The summed E-state index contributed by atoms with van der Waals surface area (Å²) in [6.45, 7) is 2.24. The predicted octanol–water partition coefficient (Wildman–Crippen LogP) is 3.65. The topological polar surface area (TPSA) is 94.2 Å². The Morgan fingerprint density at radius 2 is 1.68 bits per heavy atom. The smallest absolute Gasteiger partial charge is 0.264 e. The van der Waals surface area contributed by atoms with Crippen LogP contribution in [-0.4, -0.2) is 48.7 Å². The van der Waals surface area contributed by atoms with Crippen molar-refractivity contribution in [1.82, 2.24) is 5.32 Å². The summed E-state index contributed by atoms with van der Waals surface area (Å²) in [4.78, 5) is 12.8. The highest BCUT2D eigenvalue weighted by molar-refractivity contribution is 7.92. The summed E-state index contributed by atoms with van der Waals surface area (Å²) in [5, 5.41) is 2.77. The van der Waals surface area contributed by atoms with E-state index in [2.05, 4.69) is 5.32 Å². The molecular formula is C25H28N2O6S. The SMILES string of the molecule is COc1cccc(OCCNC(=O)c2cc(S(=O)(=O)N(C)c3ccccc3OC)ccc2C)c1. The number of aryl methyl sites for hydroxylation is 1. The molecule has 0 saturated heterocycles. The van der Waals surface area contributed by atoms with E-state index >= 15 is 0 Å². The molecule has 0 aliphatic heterocycles. The molecule has 8 nitrogen and oxygen atoms in total. The molecule has 0 bridgehead atoms. The molecule has 3 aromatic rings.